The van der Waals surface area contributed by atoms with E-state index in [0.29, 0.717) is 30.0 Å². The van der Waals surface area contributed by atoms with Gasteiger partial charge in [-0.3, -0.25) is 5.01 Å². The van der Waals surface area contributed by atoms with Crippen molar-refractivity contribution in [2.75, 3.05) is 50.0 Å². The van der Waals surface area contributed by atoms with Gasteiger partial charge in [0.1, 0.15) is 5.82 Å². The Morgan fingerprint density at radius 1 is 1.00 bits per heavy atom. The van der Waals surface area contributed by atoms with E-state index in [-0.39, 0.29) is 5.41 Å². The molecule has 0 unspecified atom stereocenters. The number of ether oxygens (including phenoxy) is 2. The fourth-order valence-electron chi connectivity index (χ4n) is 6.09. The summed E-state index contributed by atoms with van der Waals surface area (Å²) in [6, 6.07) is 16.6. The number of benzene rings is 3. The smallest absolute Gasteiger partial charge is 0.183 e. The van der Waals surface area contributed by atoms with Gasteiger partial charge >= 0.3 is 0 Å². The van der Waals surface area contributed by atoms with Gasteiger partial charge in [-0.1, -0.05) is 101 Å². The lowest BCUT2D eigenvalue weighted by Gasteiger charge is -2.28. The van der Waals surface area contributed by atoms with Crippen LogP contribution in [-0.4, -0.2) is 39.3 Å². The zero-order chi connectivity index (χ0) is 34.8. The fourth-order valence-corrected chi connectivity index (χ4v) is 6.09. The molecule has 7 nitrogen and oxygen atoms in total. The van der Waals surface area contributed by atoms with Crippen molar-refractivity contribution in [3.63, 3.8) is 0 Å². The van der Waals surface area contributed by atoms with Crippen molar-refractivity contribution < 1.29 is 9.47 Å². The summed E-state index contributed by atoms with van der Waals surface area (Å²) in [5.41, 5.74) is 5.64. The zero-order valence-electron chi connectivity index (χ0n) is 30.0. The van der Waals surface area contributed by atoms with Crippen LogP contribution in [0.15, 0.2) is 103 Å². The molecule has 4 rings (SSSR count). The second-order valence-corrected chi connectivity index (χ2v) is 13.9. The number of nitrogens with zero attached hydrogens (tertiary/aromatic N) is 2. The molecular weight excluding hydrogens is 594 g/mol. The molecule has 0 saturated heterocycles. The molecule has 0 heterocycles. The summed E-state index contributed by atoms with van der Waals surface area (Å²) < 4.78 is 12.0. The topological polar surface area (TPSA) is 75.0 Å². The molecule has 0 bridgehead atoms. The molecule has 7 heteroatoms. The van der Waals surface area contributed by atoms with Crippen molar-refractivity contribution in [2.45, 2.75) is 58.8 Å². The third-order valence-electron chi connectivity index (χ3n) is 8.63. The third-order valence-corrected chi connectivity index (χ3v) is 8.63. The summed E-state index contributed by atoms with van der Waals surface area (Å²) in [4.78, 5) is 2.16. The number of nitrogens with one attached hydrogen (secondary N) is 2. The Kier molecular flexibility index (Phi) is 12.6. The van der Waals surface area contributed by atoms with Crippen LogP contribution < -0.4 is 26.2 Å². The summed E-state index contributed by atoms with van der Waals surface area (Å²) in [6.45, 7) is 18.6. The SMILES string of the molecule is C=C(Nc1cc(C(C)(C)C)cc(NC(=C)N(N)c2ccc(/C=C/C=C(\C=C/C)CN(C)C)c3ccccc23)c1OC)OCC1CCCC1. The minimum atomic E-state index is -0.135. The number of fused-ring (bicyclic) bond motifs is 1. The predicted molar refractivity (Wildman–Crippen MR) is 206 cm³/mol. The second-order valence-electron chi connectivity index (χ2n) is 13.9. The molecule has 0 aromatic heterocycles. The van der Waals surface area contributed by atoms with Gasteiger partial charge in [-0.25, -0.2) is 5.84 Å². The Balaban J connectivity index is 1.61. The number of hydrazine groups is 1. The normalized spacial score (nSPS) is 14.3. The third kappa shape index (κ3) is 9.55. The molecule has 0 atom stereocenters. The molecule has 3 aromatic rings. The molecule has 0 amide bonds. The van der Waals surface area contributed by atoms with Gasteiger partial charge in [-0.15, -0.1) is 0 Å². The van der Waals surface area contributed by atoms with E-state index >= 15 is 0 Å². The van der Waals surface area contributed by atoms with E-state index in [1.165, 1.54) is 31.3 Å². The Bertz CT molecular complexity index is 1670. The van der Waals surface area contributed by atoms with E-state index in [1.807, 2.05) is 25.1 Å². The van der Waals surface area contributed by atoms with Crippen LogP contribution in [0.1, 0.15) is 64.5 Å². The van der Waals surface area contributed by atoms with Gasteiger partial charge in [-0.2, -0.15) is 0 Å². The maximum absolute atomic E-state index is 6.80. The Hall–Kier alpha value is -4.46. The minimum Gasteiger partial charge on any atom is -0.492 e. The van der Waals surface area contributed by atoms with E-state index < -0.39 is 0 Å². The van der Waals surface area contributed by atoms with E-state index in [4.69, 9.17) is 15.3 Å². The zero-order valence-corrected chi connectivity index (χ0v) is 30.0. The lowest BCUT2D eigenvalue weighted by molar-refractivity contribution is 0.172. The summed E-state index contributed by atoms with van der Waals surface area (Å²) in [6.07, 6.45) is 15.6. The van der Waals surface area contributed by atoms with Crippen LogP contribution in [0.25, 0.3) is 16.8 Å². The standard InChI is InChI=1S/C41H55N5O2/c1-10-16-31(27-45(7)8)19-15-20-33-23-24-39(36-22-14-13-21-35(33)36)46(42)29(2)43-37-25-34(41(4,5)6)26-38(40(37)47-9)44-30(3)48-28-32-17-11-12-18-32/h10,13-16,19-26,32,43-44H,2-3,11-12,17-18,27-28,42H2,1,4-9H3/b16-10-,20-15+,31-19+. The monoisotopic (exact) mass is 649 g/mol. The number of methoxy groups -OCH3 is 1. The van der Waals surface area contributed by atoms with Crippen LogP contribution >= 0.6 is 0 Å². The van der Waals surface area contributed by atoms with E-state index in [9.17, 15) is 0 Å². The molecule has 4 N–H and O–H groups in total. The fraction of sp³-hybridized carbons (Fsp3) is 0.366. The van der Waals surface area contributed by atoms with Crippen molar-refractivity contribution >= 4 is 33.9 Å². The molecule has 256 valence electrons. The van der Waals surface area contributed by atoms with Crippen LogP contribution in [0, 0.1) is 5.92 Å². The van der Waals surface area contributed by atoms with Crippen LogP contribution in [0.4, 0.5) is 17.1 Å². The quantitative estimate of drug-likeness (QED) is 0.0655. The molecule has 0 aliphatic heterocycles. The molecular formula is C41H55N5O2. The number of likely N-dealkylation sites (N-methyl/N-ethyl adjacent to an activating group) is 1. The van der Waals surface area contributed by atoms with Crippen molar-refractivity contribution in [1.29, 1.82) is 0 Å². The first-order valence-corrected chi connectivity index (χ1v) is 16.9. The highest BCUT2D eigenvalue weighted by molar-refractivity contribution is 6.00. The molecule has 48 heavy (non-hydrogen) atoms. The van der Waals surface area contributed by atoms with E-state index in [1.54, 1.807) is 12.1 Å². The van der Waals surface area contributed by atoms with E-state index in [2.05, 4.69) is 124 Å². The molecule has 0 spiro atoms. The highest BCUT2D eigenvalue weighted by Crippen LogP contribution is 2.40. The predicted octanol–water partition coefficient (Wildman–Crippen LogP) is 9.58. The van der Waals surface area contributed by atoms with Crippen LogP contribution in [0.2, 0.25) is 0 Å². The summed E-state index contributed by atoms with van der Waals surface area (Å²) in [5, 5.41) is 10.5. The van der Waals surface area contributed by atoms with Gasteiger partial charge in [0, 0.05) is 11.9 Å². The Morgan fingerprint density at radius 3 is 2.29 bits per heavy atom. The lowest BCUT2D eigenvalue weighted by Crippen LogP contribution is -2.33. The van der Waals surface area contributed by atoms with Crippen molar-refractivity contribution in [3.05, 3.63) is 114 Å². The summed E-state index contributed by atoms with van der Waals surface area (Å²) in [5.74, 6) is 9.00. The van der Waals surface area contributed by atoms with Gasteiger partial charge in [0.2, 0.25) is 0 Å². The van der Waals surface area contributed by atoms with Gasteiger partial charge in [0.15, 0.2) is 11.6 Å². The summed E-state index contributed by atoms with van der Waals surface area (Å²) >= 11 is 0. The van der Waals surface area contributed by atoms with Gasteiger partial charge < -0.3 is 25.0 Å². The highest BCUT2D eigenvalue weighted by atomic mass is 16.5. The summed E-state index contributed by atoms with van der Waals surface area (Å²) in [7, 11) is 5.81. The maximum Gasteiger partial charge on any atom is 0.183 e. The molecule has 1 aliphatic rings. The molecule has 3 aromatic carbocycles. The largest absolute Gasteiger partial charge is 0.492 e. The number of hydrogen-bond donors (Lipinski definition) is 3. The second kappa shape index (κ2) is 16.6. The molecule has 1 aliphatic carbocycles. The van der Waals surface area contributed by atoms with Crippen molar-refractivity contribution in [2.24, 2.45) is 11.8 Å². The number of allylic oxidation sites excluding steroid dienone is 3. The Labute approximate surface area is 288 Å². The van der Waals surface area contributed by atoms with Gasteiger partial charge in [-0.05, 0) is 92.1 Å². The average molecular weight is 650 g/mol. The maximum atomic E-state index is 6.80. The lowest BCUT2D eigenvalue weighted by atomic mass is 9.86. The first kappa shape index (κ1) is 36.4. The van der Waals surface area contributed by atoms with Gasteiger partial charge in [0.25, 0.3) is 0 Å². The first-order chi connectivity index (χ1) is 22.9. The Morgan fingerprint density at radius 2 is 1.67 bits per heavy atom. The number of rotatable bonds is 15. The van der Waals surface area contributed by atoms with Gasteiger partial charge in [0.05, 0.1) is 30.8 Å². The molecule has 1 fully saturated rings. The number of hydrogen-bond acceptors (Lipinski definition) is 7. The van der Waals surface area contributed by atoms with E-state index in [0.717, 1.165) is 45.5 Å². The van der Waals surface area contributed by atoms with Crippen LogP contribution in [-0.2, 0) is 10.2 Å². The molecule has 0 radical (unpaired) electrons. The van der Waals surface area contributed by atoms with Crippen molar-refractivity contribution in [3.8, 4) is 5.75 Å². The van der Waals surface area contributed by atoms with Crippen molar-refractivity contribution in [1.82, 2.24) is 4.90 Å². The molecule has 1 saturated carbocycles. The first-order valence-electron chi connectivity index (χ1n) is 16.9. The number of nitrogens with two attached hydrogens (primary N) is 1. The average Bonchev–Trinajstić information content (AvgIpc) is 3.57. The highest BCUT2D eigenvalue weighted by Gasteiger charge is 2.22. The minimum absolute atomic E-state index is 0.135. The van der Waals surface area contributed by atoms with Crippen LogP contribution in [0.3, 0.4) is 0 Å². The number of anilines is 3. The van der Waals surface area contributed by atoms with Crippen LogP contribution in [0.5, 0.6) is 5.75 Å².